The summed E-state index contributed by atoms with van der Waals surface area (Å²) in [6, 6.07) is 7.39. The quantitative estimate of drug-likeness (QED) is 0.799. The molecule has 19 heavy (non-hydrogen) atoms. The minimum atomic E-state index is 0.0662. The van der Waals surface area contributed by atoms with Gasteiger partial charge in [0.05, 0.1) is 6.61 Å². The Balaban J connectivity index is 2.11. The molecule has 1 atom stereocenters. The lowest BCUT2D eigenvalue weighted by atomic mass is 10.1. The number of hydrogen-bond acceptors (Lipinski definition) is 3. The van der Waals surface area contributed by atoms with Gasteiger partial charge in [0.2, 0.25) is 0 Å². The lowest BCUT2D eigenvalue weighted by molar-refractivity contribution is 0.0594. The molecule has 1 saturated carbocycles. The zero-order chi connectivity index (χ0) is 13.8. The number of carbonyl (C=O) groups is 1. The van der Waals surface area contributed by atoms with Crippen LogP contribution in [-0.4, -0.2) is 37.1 Å². The molecule has 0 spiro atoms. The van der Waals surface area contributed by atoms with Crippen LogP contribution < -0.4 is 5.73 Å². The number of amides is 1. The Bertz CT molecular complexity index is 426. The predicted molar refractivity (Wildman–Crippen MR) is 76.0 cm³/mol. The van der Waals surface area contributed by atoms with Crippen molar-refractivity contribution >= 4 is 11.6 Å². The van der Waals surface area contributed by atoms with E-state index >= 15 is 0 Å². The molecule has 2 N–H and O–H groups in total. The van der Waals surface area contributed by atoms with Crippen molar-refractivity contribution in [3.05, 3.63) is 29.8 Å². The van der Waals surface area contributed by atoms with Crippen molar-refractivity contribution in [1.82, 2.24) is 4.90 Å². The first-order valence-corrected chi connectivity index (χ1v) is 6.79. The van der Waals surface area contributed by atoms with E-state index in [1.54, 1.807) is 31.4 Å². The summed E-state index contributed by atoms with van der Waals surface area (Å²) in [6.07, 6.45) is 2.44. The lowest BCUT2D eigenvalue weighted by Gasteiger charge is -2.29. The molecule has 4 heteroatoms. The molecule has 1 aliphatic rings. The van der Waals surface area contributed by atoms with Crippen LogP contribution in [0.1, 0.15) is 30.1 Å². The molecule has 1 fully saturated rings. The third-order valence-corrected chi connectivity index (χ3v) is 3.75. The van der Waals surface area contributed by atoms with Crippen LogP contribution >= 0.6 is 0 Å². The molecule has 104 valence electrons. The summed E-state index contributed by atoms with van der Waals surface area (Å²) in [5.41, 5.74) is 7.02. The van der Waals surface area contributed by atoms with E-state index in [4.69, 9.17) is 10.5 Å². The summed E-state index contributed by atoms with van der Waals surface area (Å²) in [4.78, 5) is 14.5. The van der Waals surface area contributed by atoms with Gasteiger partial charge in [-0.05, 0) is 49.9 Å². The third kappa shape index (κ3) is 3.47. The van der Waals surface area contributed by atoms with E-state index in [-0.39, 0.29) is 11.9 Å². The number of nitrogens with two attached hydrogens (primary N) is 1. The van der Waals surface area contributed by atoms with Crippen molar-refractivity contribution < 1.29 is 9.53 Å². The van der Waals surface area contributed by atoms with Gasteiger partial charge in [-0.1, -0.05) is 0 Å². The Hall–Kier alpha value is -1.55. The Kier molecular flexibility index (Phi) is 4.43. The first kappa shape index (κ1) is 13.9. The maximum absolute atomic E-state index is 12.6. The molecule has 4 nitrogen and oxygen atoms in total. The number of ether oxygens (including phenoxy) is 1. The number of benzene rings is 1. The fourth-order valence-electron chi connectivity index (χ4n) is 2.30. The second-order valence-corrected chi connectivity index (χ2v) is 5.19. The largest absolute Gasteiger partial charge is 0.399 e. The summed E-state index contributed by atoms with van der Waals surface area (Å²) in [7, 11) is 1.66. The minimum Gasteiger partial charge on any atom is -0.399 e. The molecule has 0 saturated heterocycles. The molecule has 0 heterocycles. The third-order valence-electron chi connectivity index (χ3n) is 3.75. The van der Waals surface area contributed by atoms with E-state index in [0.29, 0.717) is 30.3 Å². The molecule has 0 bridgehead atoms. The van der Waals surface area contributed by atoms with Gasteiger partial charge in [0.15, 0.2) is 0 Å². The summed E-state index contributed by atoms with van der Waals surface area (Å²) in [5, 5.41) is 0. The van der Waals surface area contributed by atoms with Crippen LogP contribution in [0.25, 0.3) is 0 Å². The van der Waals surface area contributed by atoms with Gasteiger partial charge in [-0.25, -0.2) is 0 Å². The number of carbonyl (C=O) groups excluding carboxylic acids is 1. The zero-order valence-corrected chi connectivity index (χ0v) is 11.6. The second kappa shape index (κ2) is 6.06. The van der Waals surface area contributed by atoms with Crippen LogP contribution in [0.2, 0.25) is 0 Å². The highest BCUT2D eigenvalue weighted by Gasteiger charge is 2.34. The van der Waals surface area contributed by atoms with Gasteiger partial charge in [0.1, 0.15) is 0 Å². The highest BCUT2D eigenvalue weighted by molar-refractivity contribution is 5.94. The smallest absolute Gasteiger partial charge is 0.254 e. The van der Waals surface area contributed by atoms with Crippen molar-refractivity contribution in [2.24, 2.45) is 5.92 Å². The summed E-state index contributed by atoms with van der Waals surface area (Å²) in [6.45, 7) is 3.33. The molecule has 0 aliphatic heterocycles. The standard InChI is InChI=1S/C15H22N2O2/c1-11(12-3-4-12)17(9-10-19-2)15(18)13-5-7-14(16)8-6-13/h5-8,11-12H,3-4,9-10,16H2,1-2H3. The van der Waals surface area contributed by atoms with Crippen molar-refractivity contribution in [2.75, 3.05) is 26.0 Å². The van der Waals surface area contributed by atoms with Crippen molar-refractivity contribution in [3.8, 4) is 0 Å². The second-order valence-electron chi connectivity index (χ2n) is 5.19. The van der Waals surface area contributed by atoms with Crippen molar-refractivity contribution in [2.45, 2.75) is 25.8 Å². The SMILES string of the molecule is COCCN(C(=O)c1ccc(N)cc1)C(C)C1CC1. The van der Waals surface area contributed by atoms with E-state index < -0.39 is 0 Å². The Morgan fingerprint density at radius 3 is 2.58 bits per heavy atom. The molecular weight excluding hydrogens is 240 g/mol. The molecule has 1 aliphatic carbocycles. The van der Waals surface area contributed by atoms with Gasteiger partial charge < -0.3 is 15.4 Å². The Morgan fingerprint density at radius 2 is 2.05 bits per heavy atom. The molecule has 1 amide bonds. The number of nitrogens with zero attached hydrogens (tertiary/aromatic N) is 1. The average Bonchev–Trinajstić information content (AvgIpc) is 3.23. The highest BCUT2D eigenvalue weighted by atomic mass is 16.5. The number of nitrogen functional groups attached to an aromatic ring is 1. The van der Waals surface area contributed by atoms with Crippen LogP contribution in [-0.2, 0) is 4.74 Å². The van der Waals surface area contributed by atoms with Gasteiger partial charge in [-0.15, -0.1) is 0 Å². The first-order valence-electron chi connectivity index (χ1n) is 6.79. The van der Waals surface area contributed by atoms with E-state index in [1.165, 1.54) is 12.8 Å². The maximum Gasteiger partial charge on any atom is 0.254 e. The van der Waals surface area contributed by atoms with Crippen LogP contribution in [0.4, 0.5) is 5.69 Å². The first-order chi connectivity index (χ1) is 9.13. The molecule has 1 aromatic carbocycles. The number of anilines is 1. The Labute approximate surface area is 114 Å². The van der Waals surface area contributed by atoms with E-state index in [1.807, 2.05) is 4.90 Å². The summed E-state index contributed by atoms with van der Waals surface area (Å²) >= 11 is 0. The van der Waals surface area contributed by atoms with Crippen LogP contribution in [0.15, 0.2) is 24.3 Å². The van der Waals surface area contributed by atoms with Gasteiger partial charge in [0, 0.05) is 30.9 Å². The number of hydrogen-bond donors (Lipinski definition) is 1. The normalized spacial score (nSPS) is 16.1. The van der Waals surface area contributed by atoms with Crippen LogP contribution in [0.5, 0.6) is 0 Å². The Morgan fingerprint density at radius 1 is 1.42 bits per heavy atom. The zero-order valence-electron chi connectivity index (χ0n) is 11.6. The molecule has 0 aromatic heterocycles. The van der Waals surface area contributed by atoms with E-state index in [2.05, 4.69) is 6.92 Å². The molecule has 2 rings (SSSR count). The summed E-state index contributed by atoms with van der Waals surface area (Å²) < 4.78 is 5.11. The number of rotatable bonds is 6. The van der Waals surface area contributed by atoms with Gasteiger partial charge in [-0.2, -0.15) is 0 Å². The van der Waals surface area contributed by atoms with Crippen molar-refractivity contribution in [1.29, 1.82) is 0 Å². The maximum atomic E-state index is 12.6. The highest BCUT2D eigenvalue weighted by Crippen LogP contribution is 2.35. The minimum absolute atomic E-state index is 0.0662. The fraction of sp³-hybridized carbons (Fsp3) is 0.533. The van der Waals surface area contributed by atoms with Crippen LogP contribution in [0.3, 0.4) is 0 Å². The van der Waals surface area contributed by atoms with E-state index in [9.17, 15) is 4.79 Å². The van der Waals surface area contributed by atoms with Gasteiger partial charge in [-0.3, -0.25) is 4.79 Å². The fourth-order valence-corrected chi connectivity index (χ4v) is 2.30. The number of methoxy groups -OCH3 is 1. The molecule has 0 radical (unpaired) electrons. The van der Waals surface area contributed by atoms with E-state index in [0.717, 1.165) is 0 Å². The summed E-state index contributed by atoms with van der Waals surface area (Å²) in [5.74, 6) is 0.714. The molecular formula is C15H22N2O2. The average molecular weight is 262 g/mol. The van der Waals surface area contributed by atoms with Gasteiger partial charge in [0.25, 0.3) is 5.91 Å². The lowest BCUT2D eigenvalue weighted by Crippen LogP contribution is -2.42. The predicted octanol–water partition coefficient (Wildman–Crippen LogP) is 2.16. The molecule has 1 unspecified atom stereocenters. The van der Waals surface area contributed by atoms with Crippen molar-refractivity contribution in [3.63, 3.8) is 0 Å². The monoisotopic (exact) mass is 262 g/mol. The van der Waals surface area contributed by atoms with Gasteiger partial charge >= 0.3 is 0 Å². The van der Waals surface area contributed by atoms with Crippen LogP contribution in [0, 0.1) is 5.92 Å². The molecule has 1 aromatic rings. The topological polar surface area (TPSA) is 55.6 Å².